The van der Waals surface area contributed by atoms with E-state index in [0.29, 0.717) is 29.9 Å². The van der Waals surface area contributed by atoms with Crippen molar-refractivity contribution in [1.29, 1.82) is 0 Å². The van der Waals surface area contributed by atoms with Crippen molar-refractivity contribution in [2.75, 3.05) is 19.0 Å². The summed E-state index contributed by atoms with van der Waals surface area (Å²) in [6, 6.07) is 4.44. The van der Waals surface area contributed by atoms with Gasteiger partial charge in [0, 0.05) is 23.4 Å². The lowest BCUT2D eigenvalue weighted by Gasteiger charge is -2.20. The third-order valence-corrected chi connectivity index (χ3v) is 3.15. The van der Waals surface area contributed by atoms with Gasteiger partial charge in [0.25, 0.3) is 5.91 Å². The molecule has 0 heterocycles. The first kappa shape index (κ1) is 14.5. The number of hydrogen-bond acceptors (Lipinski definition) is 1. The molecule has 0 N–H and O–H groups in total. The number of hydrogen-bond donors (Lipinski definition) is 0. The summed E-state index contributed by atoms with van der Waals surface area (Å²) in [5, 5.41) is 0. The van der Waals surface area contributed by atoms with Crippen molar-refractivity contribution < 1.29 is 9.18 Å². The number of carbonyl (C=O) groups excluding carboxylic acids is 1. The Labute approximate surface area is 114 Å². The monoisotopic (exact) mass is 321 g/mol. The van der Waals surface area contributed by atoms with Crippen LogP contribution in [-0.2, 0) is 0 Å². The second kappa shape index (κ2) is 6.97. The van der Waals surface area contributed by atoms with Crippen molar-refractivity contribution in [3.05, 3.63) is 34.1 Å². The molecule has 0 radical (unpaired) electrons. The van der Waals surface area contributed by atoms with Gasteiger partial charge in [0.05, 0.1) is 5.56 Å². The Morgan fingerprint density at radius 3 is 2.76 bits per heavy atom. The molecule has 94 valence electrons. The molecule has 0 bridgehead atoms. The molecule has 0 aromatic heterocycles. The molecule has 0 aliphatic carbocycles. The molecule has 0 aliphatic rings. The predicted octanol–water partition coefficient (Wildman–Crippen LogP) is 3.68. The summed E-state index contributed by atoms with van der Waals surface area (Å²) >= 11 is 8.75. The van der Waals surface area contributed by atoms with Crippen LogP contribution in [0.2, 0.25) is 0 Å². The number of amides is 1. The highest BCUT2D eigenvalue weighted by Gasteiger charge is 2.17. The Bertz CT molecular complexity index is 400. The van der Waals surface area contributed by atoms with Gasteiger partial charge in [0.15, 0.2) is 0 Å². The number of benzene rings is 1. The van der Waals surface area contributed by atoms with Gasteiger partial charge in [-0.25, -0.2) is 4.39 Å². The van der Waals surface area contributed by atoms with Gasteiger partial charge in [-0.05, 0) is 31.5 Å². The van der Waals surface area contributed by atoms with Gasteiger partial charge in [-0.15, -0.1) is 11.6 Å². The van der Waals surface area contributed by atoms with Crippen LogP contribution in [0.1, 0.15) is 23.7 Å². The van der Waals surface area contributed by atoms with Gasteiger partial charge in [-0.3, -0.25) is 4.79 Å². The van der Waals surface area contributed by atoms with Gasteiger partial charge in [0.1, 0.15) is 5.82 Å². The standard InChI is InChI=1S/C12H14BrClFNO/c1-2-16(7-3-6-14)12(17)10-5-4-9(13)8-11(10)15/h4-5,8H,2-3,6-7H2,1H3. The van der Waals surface area contributed by atoms with E-state index in [9.17, 15) is 9.18 Å². The van der Waals surface area contributed by atoms with Crippen molar-refractivity contribution in [2.45, 2.75) is 13.3 Å². The van der Waals surface area contributed by atoms with Gasteiger partial charge in [-0.2, -0.15) is 0 Å². The highest BCUT2D eigenvalue weighted by molar-refractivity contribution is 9.10. The van der Waals surface area contributed by atoms with Crippen molar-refractivity contribution in [3.8, 4) is 0 Å². The van der Waals surface area contributed by atoms with Crippen LogP contribution in [0.3, 0.4) is 0 Å². The van der Waals surface area contributed by atoms with Crippen LogP contribution in [0.5, 0.6) is 0 Å². The van der Waals surface area contributed by atoms with Crippen LogP contribution < -0.4 is 0 Å². The first-order chi connectivity index (χ1) is 8.10. The van der Waals surface area contributed by atoms with Crippen molar-refractivity contribution in [1.82, 2.24) is 4.90 Å². The minimum absolute atomic E-state index is 0.102. The zero-order valence-electron chi connectivity index (χ0n) is 9.55. The number of carbonyl (C=O) groups is 1. The maximum absolute atomic E-state index is 13.6. The minimum atomic E-state index is -0.506. The second-order valence-corrected chi connectivity index (χ2v) is 4.85. The summed E-state index contributed by atoms with van der Waals surface area (Å²) < 4.78 is 14.2. The van der Waals surface area contributed by atoms with Crippen molar-refractivity contribution in [2.24, 2.45) is 0 Å². The number of halogens is 3. The molecule has 0 unspecified atom stereocenters. The third kappa shape index (κ3) is 3.96. The fraction of sp³-hybridized carbons (Fsp3) is 0.417. The quantitative estimate of drug-likeness (QED) is 0.757. The number of alkyl halides is 1. The molecule has 0 aliphatic heterocycles. The summed E-state index contributed by atoms with van der Waals surface area (Å²) in [4.78, 5) is 13.6. The molecular weight excluding hydrogens is 308 g/mol. The minimum Gasteiger partial charge on any atom is -0.339 e. The Balaban J connectivity index is 2.86. The van der Waals surface area contributed by atoms with Crippen LogP contribution >= 0.6 is 27.5 Å². The van der Waals surface area contributed by atoms with Gasteiger partial charge in [-0.1, -0.05) is 15.9 Å². The van der Waals surface area contributed by atoms with E-state index in [4.69, 9.17) is 11.6 Å². The number of nitrogens with zero attached hydrogens (tertiary/aromatic N) is 1. The molecule has 1 rings (SSSR count). The molecule has 0 spiro atoms. The largest absolute Gasteiger partial charge is 0.339 e. The molecule has 17 heavy (non-hydrogen) atoms. The smallest absolute Gasteiger partial charge is 0.256 e. The van der Waals surface area contributed by atoms with E-state index in [2.05, 4.69) is 15.9 Å². The molecule has 0 saturated carbocycles. The van der Waals surface area contributed by atoms with Crippen LogP contribution in [0, 0.1) is 5.82 Å². The topological polar surface area (TPSA) is 20.3 Å². The van der Waals surface area contributed by atoms with Crippen LogP contribution in [0.25, 0.3) is 0 Å². The van der Waals surface area contributed by atoms with E-state index in [-0.39, 0.29) is 11.5 Å². The predicted molar refractivity (Wildman–Crippen MR) is 71.0 cm³/mol. The van der Waals surface area contributed by atoms with E-state index in [0.717, 1.165) is 0 Å². The SMILES string of the molecule is CCN(CCCCl)C(=O)c1ccc(Br)cc1F. The molecule has 2 nitrogen and oxygen atoms in total. The normalized spacial score (nSPS) is 10.4. The van der Waals surface area contributed by atoms with Crippen LogP contribution in [0.4, 0.5) is 4.39 Å². The molecule has 5 heteroatoms. The van der Waals surface area contributed by atoms with Gasteiger partial charge >= 0.3 is 0 Å². The van der Waals surface area contributed by atoms with Crippen molar-refractivity contribution >= 4 is 33.4 Å². The fourth-order valence-corrected chi connectivity index (χ4v) is 1.94. The average molecular weight is 323 g/mol. The summed E-state index contributed by atoms with van der Waals surface area (Å²) in [6.45, 7) is 2.96. The Morgan fingerprint density at radius 2 is 2.24 bits per heavy atom. The summed E-state index contributed by atoms with van der Waals surface area (Å²) in [5.74, 6) is -0.302. The van der Waals surface area contributed by atoms with E-state index in [1.807, 2.05) is 6.92 Å². The summed E-state index contributed by atoms with van der Waals surface area (Å²) in [7, 11) is 0. The highest BCUT2D eigenvalue weighted by Crippen LogP contribution is 2.17. The first-order valence-electron chi connectivity index (χ1n) is 5.40. The highest BCUT2D eigenvalue weighted by atomic mass is 79.9. The molecular formula is C12H14BrClFNO. The van der Waals surface area contributed by atoms with E-state index >= 15 is 0 Å². The molecule has 1 amide bonds. The zero-order chi connectivity index (χ0) is 12.8. The number of rotatable bonds is 5. The van der Waals surface area contributed by atoms with Gasteiger partial charge < -0.3 is 4.90 Å². The van der Waals surface area contributed by atoms with Crippen LogP contribution in [0.15, 0.2) is 22.7 Å². The van der Waals surface area contributed by atoms with E-state index in [1.54, 1.807) is 11.0 Å². The maximum Gasteiger partial charge on any atom is 0.256 e. The first-order valence-corrected chi connectivity index (χ1v) is 6.73. The Kier molecular flexibility index (Phi) is 5.92. The zero-order valence-corrected chi connectivity index (χ0v) is 11.9. The maximum atomic E-state index is 13.6. The third-order valence-electron chi connectivity index (χ3n) is 2.39. The second-order valence-electron chi connectivity index (χ2n) is 3.55. The summed E-state index contributed by atoms with van der Waals surface area (Å²) in [5.41, 5.74) is 0.102. The van der Waals surface area contributed by atoms with Gasteiger partial charge in [0.2, 0.25) is 0 Å². The molecule has 0 saturated heterocycles. The van der Waals surface area contributed by atoms with Crippen molar-refractivity contribution in [3.63, 3.8) is 0 Å². The Hall–Kier alpha value is -0.610. The lowest BCUT2D eigenvalue weighted by Crippen LogP contribution is -2.32. The average Bonchev–Trinajstić information content (AvgIpc) is 2.29. The lowest BCUT2D eigenvalue weighted by atomic mass is 10.2. The molecule has 1 aromatic rings. The lowest BCUT2D eigenvalue weighted by molar-refractivity contribution is 0.0760. The molecule has 0 atom stereocenters. The van der Waals surface area contributed by atoms with E-state index < -0.39 is 5.82 Å². The Morgan fingerprint density at radius 1 is 1.53 bits per heavy atom. The molecule has 1 aromatic carbocycles. The van der Waals surface area contributed by atoms with Crippen LogP contribution in [-0.4, -0.2) is 29.8 Å². The fourth-order valence-electron chi connectivity index (χ4n) is 1.49. The summed E-state index contributed by atoms with van der Waals surface area (Å²) in [6.07, 6.45) is 0.708. The van der Waals surface area contributed by atoms with E-state index in [1.165, 1.54) is 12.1 Å². The molecule has 0 fully saturated rings.